The van der Waals surface area contributed by atoms with Gasteiger partial charge in [0, 0.05) is 6.92 Å². The molecule has 0 fully saturated rings. The van der Waals surface area contributed by atoms with Gasteiger partial charge in [-0.25, -0.2) is 9.59 Å². The minimum atomic E-state index is -4.28. The summed E-state index contributed by atoms with van der Waals surface area (Å²) in [7, 11) is -4.28. The van der Waals surface area contributed by atoms with Crippen LogP contribution in [0.25, 0.3) is 0 Å². The highest BCUT2D eigenvalue weighted by Crippen LogP contribution is 2.27. The minimum absolute atomic E-state index is 0.0132. The standard InChI is InChI=1S/C23H28N4O8S/c1-4-13-33-22(29)26-21(27-23(30)34-14-5-2)25-20-15-18(11-12-19(20)24-16(3)28)36(31,32)35-17-9-7-6-8-10-17/h6-12,15H,4-5,13-14H2,1-3H3,(H,24,28)(H2,25,26,27,29,30). The van der Waals surface area contributed by atoms with Crippen molar-refractivity contribution < 1.29 is 36.5 Å². The van der Waals surface area contributed by atoms with Crippen molar-refractivity contribution in [2.45, 2.75) is 38.5 Å². The van der Waals surface area contributed by atoms with Gasteiger partial charge in [0.1, 0.15) is 10.6 Å². The second kappa shape index (κ2) is 13.7. The van der Waals surface area contributed by atoms with Gasteiger partial charge in [0.15, 0.2) is 0 Å². The fraction of sp³-hybridized carbons (Fsp3) is 0.304. The summed E-state index contributed by atoms with van der Waals surface area (Å²) in [4.78, 5) is 39.3. The molecule has 3 N–H and O–H groups in total. The molecule has 36 heavy (non-hydrogen) atoms. The van der Waals surface area contributed by atoms with Crippen molar-refractivity contribution in [3.8, 4) is 5.75 Å². The fourth-order valence-electron chi connectivity index (χ4n) is 2.59. The van der Waals surface area contributed by atoms with Crippen LogP contribution in [0.15, 0.2) is 58.4 Å². The highest BCUT2D eigenvalue weighted by Gasteiger charge is 2.20. The smallest absolute Gasteiger partial charge is 0.436 e. The number of ether oxygens (including phenoxy) is 2. The second-order valence-corrected chi connectivity index (χ2v) is 8.75. The number of nitrogens with one attached hydrogen (secondary N) is 3. The van der Waals surface area contributed by atoms with Crippen molar-refractivity contribution in [2.24, 2.45) is 4.99 Å². The van der Waals surface area contributed by atoms with Gasteiger partial charge < -0.3 is 24.3 Å². The molecule has 0 aliphatic heterocycles. The van der Waals surface area contributed by atoms with E-state index in [2.05, 4.69) is 20.9 Å². The number of guanidine groups is 1. The number of para-hydroxylation sites is 1. The average Bonchev–Trinajstić information content (AvgIpc) is 2.82. The number of carbonyl (C=O) groups is 3. The Morgan fingerprint density at radius 2 is 1.56 bits per heavy atom. The lowest BCUT2D eigenvalue weighted by Crippen LogP contribution is -2.37. The zero-order chi connectivity index (χ0) is 26.6. The van der Waals surface area contributed by atoms with E-state index in [4.69, 9.17) is 13.7 Å². The van der Waals surface area contributed by atoms with E-state index in [1.54, 1.807) is 32.0 Å². The molecule has 0 aliphatic carbocycles. The Labute approximate surface area is 209 Å². The first-order chi connectivity index (χ1) is 17.1. The van der Waals surface area contributed by atoms with Crippen molar-refractivity contribution >= 4 is 45.5 Å². The third kappa shape index (κ3) is 9.25. The first kappa shape index (κ1) is 28.1. The molecule has 0 aromatic heterocycles. The SMILES string of the molecule is CCCOC(=O)/N=C(\NC(=O)OCCC)Nc1cc(S(=O)(=O)Oc2ccccc2)ccc1NC(C)=O. The Morgan fingerprint density at radius 1 is 0.889 bits per heavy atom. The van der Waals surface area contributed by atoms with Crippen LogP contribution in [0.4, 0.5) is 21.0 Å². The van der Waals surface area contributed by atoms with E-state index in [0.29, 0.717) is 12.8 Å². The Kier molecular flexibility index (Phi) is 10.7. The van der Waals surface area contributed by atoms with Crippen LogP contribution in [0.3, 0.4) is 0 Å². The molecule has 2 aromatic carbocycles. The van der Waals surface area contributed by atoms with Gasteiger partial charge in [-0.1, -0.05) is 32.0 Å². The number of hydrogen-bond acceptors (Lipinski definition) is 8. The largest absolute Gasteiger partial charge is 0.449 e. The molecule has 194 valence electrons. The normalized spacial score (nSPS) is 11.2. The van der Waals surface area contributed by atoms with Crippen LogP contribution in [0.5, 0.6) is 5.75 Å². The van der Waals surface area contributed by atoms with Crippen LogP contribution in [-0.4, -0.2) is 45.7 Å². The molecule has 0 bridgehead atoms. The average molecular weight is 521 g/mol. The Balaban J connectivity index is 2.43. The number of alkyl carbamates (subject to hydrolysis) is 1. The number of rotatable bonds is 9. The molecule has 12 nitrogen and oxygen atoms in total. The number of carbonyl (C=O) groups excluding carboxylic acids is 3. The molecule has 0 atom stereocenters. The Bertz CT molecular complexity index is 1200. The summed E-state index contributed by atoms with van der Waals surface area (Å²) in [6.07, 6.45) is -0.819. The molecule has 0 unspecified atom stereocenters. The monoisotopic (exact) mass is 520 g/mol. The van der Waals surface area contributed by atoms with E-state index in [1.165, 1.54) is 31.2 Å². The number of benzene rings is 2. The lowest BCUT2D eigenvalue weighted by molar-refractivity contribution is -0.114. The zero-order valence-electron chi connectivity index (χ0n) is 20.1. The molecular weight excluding hydrogens is 492 g/mol. The number of amides is 3. The second-order valence-electron chi connectivity index (χ2n) is 7.20. The number of anilines is 2. The first-order valence-corrected chi connectivity index (χ1v) is 12.4. The number of aliphatic imine (C=N–C) groups is 1. The third-order valence-corrected chi connectivity index (χ3v) is 5.33. The van der Waals surface area contributed by atoms with E-state index < -0.39 is 34.2 Å². The summed E-state index contributed by atoms with van der Waals surface area (Å²) in [6.45, 7) is 5.05. The van der Waals surface area contributed by atoms with Crippen molar-refractivity contribution in [3.63, 3.8) is 0 Å². The maximum absolute atomic E-state index is 12.8. The molecule has 0 saturated carbocycles. The van der Waals surface area contributed by atoms with Gasteiger partial charge in [-0.3, -0.25) is 10.1 Å². The number of nitrogens with zero attached hydrogens (tertiary/aromatic N) is 1. The Morgan fingerprint density at radius 3 is 2.19 bits per heavy atom. The van der Waals surface area contributed by atoms with Gasteiger partial charge >= 0.3 is 22.3 Å². The Hall–Kier alpha value is -4.13. The topological polar surface area (TPSA) is 161 Å². The highest BCUT2D eigenvalue weighted by atomic mass is 32.2. The quantitative estimate of drug-likeness (QED) is 0.253. The molecular formula is C23H28N4O8S. The summed E-state index contributed by atoms with van der Waals surface area (Å²) in [5.41, 5.74) is 0.125. The zero-order valence-corrected chi connectivity index (χ0v) is 20.9. The van der Waals surface area contributed by atoms with Crippen LogP contribution >= 0.6 is 0 Å². The van der Waals surface area contributed by atoms with Gasteiger partial charge in [-0.2, -0.15) is 8.42 Å². The molecule has 0 saturated heterocycles. The van der Waals surface area contributed by atoms with E-state index in [9.17, 15) is 22.8 Å². The van der Waals surface area contributed by atoms with E-state index in [1.807, 2.05) is 0 Å². The van der Waals surface area contributed by atoms with Crippen molar-refractivity contribution in [3.05, 3.63) is 48.5 Å². The summed E-state index contributed by atoms with van der Waals surface area (Å²) in [5, 5.41) is 7.45. The van der Waals surface area contributed by atoms with Crippen LogP contribution in [0.1, 0.15) is 33.6 Å². The van der Waals surface area contributed by atoms with E-state index >= 15 is 0 Å². The summed E-state index contributed by atoms with van der Waals surface area (Å²) in [6, 6.07) is 11.6. The summed E-state index contributed by atoms with van der Waals surface area (Å²) < 4.78 is 40.7. The summed E-state index contributed by atoms with van der Waals surface area (Å²) >= 11 is 0. The van der Waals surface area contributed by atoms with Crippen LogP contribution in [-0.2, 0) is 24.4 Å². The molecule has 3 amide bonds. The van der Waals surface area contributed by atoms with Crippen molar-refractivity contribution in [2.75, 3.05) is 23.8 Å². The number of hydrogen-bond donors (Lipinski definition) is 3. The van der Waals surface area contributed by atoms with Crippen LogP contribution < -0.4 is 20.1 Å². The van der Waals surface area contributed by atoms with Gasteiger partial charge in [0.05, 0.1) is 24.6 Å². The molecule has 2 rings (SSSR count). The summed E-state index contributed by atoms with van der Waals surface area (Å²) in [5.74, 6) is -0.771. The molecule has 0 spiro atoms. The fourth-order valence-corrected chi connectivity index (χ4v) is 3.54. The maximum Gasteiger partial charge on any atom is 0.436 e. The van der Waals surface area contributed by atoms with Crippen molar-refractivity contribution in [1.82, 2.24) is 5.32 Å². The molecule has 2 aromatic rings. The lowest BCUT2D eigenvalue weighted by atomic mass is 10.2. The van der Waals surface area contributed by atoms with Gasteiger partial charge in [-0.05, 0) is 43.2 Å². The van der Waals surface area contributed by atoms with Gasteiger partial charge in [0.2, 0.25) is 11.9 Å². The predicted octanol–water partition coefficient (Wildman–Crippen LogP) is 3.86. The molecule has 13 heteroatoms. The lowest BCUT2D eigenvalue weighted by Gasteiger charge is -2.16. The third-order valence-electron chi connectivity index (χ3n) is 4.08. The highest BCUT2D eigenvalue weighted by molar-refractivity contribution is 7.87. The van der Waals surface area contributed by atoms with Crippen LogP contribution in [0, 0.1) is 0 Å². The van der Waals surface area contributed by atoms with Crippen molar-refractivity contribution in [1.29, 1.82) is 0 Å². The molecule has 0 heterocycles. The van der Waals surface area contributed by atoms with Gasteiger partial charge in [0.25, 0.3) is 0 Å². The van der Waals surface area contributed by atoms with Crippen LogP contribution in [0.2, 0.25) is 0 Å². The molecule has 0 aliphatic rings. The predicted molar refractivity (Wildman–Crippen MR) is 132 cm³/mol. The van der Waals surface area contributed by atoms with E-state index in [0.717, 1.165) is 6.07 Å². The first-order valence-electron chi connectivity index (χ1n) is 11.0. The molecule has 0 radical (unpaired) electrons. The van der Waals surface area contributed by atoms with E-state index in [-0.39, 0.29) is 35.2 Å². The maximum atomic E-state index is 12.8. The van der Waals surface area contributed by atoms with Gasteiger partial charge in [-0.15, -0.1) is 4.99 Å². The minimum Gasteiger partial charge on any atom is -0.449 e.